The first-order chi connectivity index (χ1) is 19.0. The number of hydrogen-bond donors (Lipinski definition) is 4. The Balaban J connectivity index is 1.85. The molecule has 1 heterocycles. The number of likely N-dealkylation sites (N-methyl/N-ethyl adjacent to an activating group) is 1. The quantitative estimate of drug-likeness (QED) is 0.394. The second-order valence-electron chi connectivity index (χ2n) is 10.5. The number of methoxy groups -OCH3 is 1. The largest absolute Gasteiger partial charge is 0.497 e. The predicted octanol–water partition coefficient (Wildman–Crippen LogP) is 3.54. The fourth-order valence-corrected chi connectivity index (χ4v) is 4.40. The smallest absolute Gasteiger partial charge is 0.323 e. The molecule has 1 aliphatic heterocycles. The van der Waals surface area contributed by atoms with Crippen LogP contribution in [0.25, 0.3) is 0 Å². The van der Waals surface area contributed by atoms with E-state index in [0.29, 0.717) is 41.5 Å². The summed E-state index contributed by atoms with van der Waals surface area (Å²) >= 11 is 0. The van der Waals surface area contributed by atoms with E-state index in [1.54, 1.807) is 73.3 Å². The minimum Gasteiger partial charge on any atom is -0.497 e. The van der Waals surface area contributed by atoms with Crippen molar-refractivity contribution in [2.24, 2.45) is 5.92 Å². The number of carbonyl (C=O) groups is 3. The summed E-state index contributed by atoms with van der Waals surface area (Å²) in [5, 5.41) is 18.3. The zero-order chi connectivity index (χ0) is 29.4. The van der Waals surface area contributed by atoms with Gasteiger partial charge in [0, 0.05) is 42.5 Å². The van der Waals surface area contributed by atoms with E-state index >= 15 is 0 Å². The maximum atomic E-state index is 13.4. The Bertz CT molecular complexity index is 1170. The van der Waals surface area contributed by atoms with Crippen molar-refractivity contribution in [3.63, 3.8) is 0 Å². The molecule has 0 bridgehead atoms. The first kappa shape index (κ1) is 30.6. The zero-order valence-corrected chi connectivity index (χ0v) is 24.1. The highest BCUT2D eigenvalue weighted by Gasteiger charge is 2.32. The number of aliphatic hydroxyl groups excluding tert-OH is 1. The van der Waals surface area contributed by atoms with Gasteiger partial charge >= 0.3 is 12.1 Å². The lowest BCUT2D eigenvalue weighted by molar-refractivity contribution is -0.134. The number of carbonyl (C=O) groups excluding carboxylic acids is 3. The molecule has 11 nitrogen and oxygen atoms in total. The minimum absolute atomic E-state index is 0.0130. The van der Waals surface area contributed by atoms with E-state index < -0.39 is 18.2 Å². The van der Waals surface area contributed by atoms with Crippen LogP contribution in [0, 0.1) is 5.92 Å². The summed E-state index contributed by atoms with van der Waals surface area (Å²) in [4.78, 5) is 41.9. The van der Waals surface area contributed by atoms with Gasteiger partial charge in [0.05, 0.1) is 32.7 Å². The summed E-state index contributed by atoms with van der Waals surface area (Å²) in [5.41, 5.74) is 1.67. The summed E-state index contributed by atoms with van der Waals surface area (Å²) in [6.07, 6.45) is -0.406. The highest BCUT2D eigenvalue weighted by atomic mass is 16.5. The Hall–Kier alpha value is -3.99. The molecule has 3 rings (SSSR count). The van der Waals surface area contributed by atoms with Gasteiger partial charge in [0.2, 0.25) is 5.91 Å². The van der Waals surface area contributed by atoms with Crippen LogP contribution in [0.1, 0.15) is 33.3 Å². The van der Waals surface area contributed by atoms with E-state index in [4.69, 9.17) is 9.47 Å². The van der Waals surface area contributed by atoms with Crippen molar-refractivity contribution in [2.75, 3.05) is 44.5 Å². The first-order valence-electron chi connectivity index (χ1n) is 13.4. The van der Waals surface area contributed by atoms with E-state index in [-0.39, 0.29) is 36.9 Å². The predicted molar refractivity (Wildman–Crippen MR) is 154 cm³/mol. The number of aliphatic hydroxyl groups is 1. The number of nitrogens with zero attached hydrogens (tertiary/aromatic N) is 2. The number of hydrogen-bond acceptors (Lipinski definition) is 6. The van der Waals surface area contributed by atoms with E-state index in [9.17, 15) is 19.5 Å². The molecule has 0 spiro atoms. The van der Waals surface area contributed by atoms with Crippen molar-refractivity contribution in [3.8, 4) is 11.5 Å². The zero-order valence-electron chi connectivity index (χ0n) is 24.1. The number of urea groups is 2. The molecule has 0 aliphatic carbocycles. The summed E-state index contributed by atoms with van der Waals surface area (Å²) in [7, 11) is 3.27. The molecule has 2 aromatic rings. The van der Waals surface area contributed by atoms with Gasteiger partial charge < -0.3 is 40.3 Å². The van der Waals surface area contributed by atoms with Crippen molar-refractivity contribution in [1.29, 1.82) is 0 Å². The van der Waals surface area contributed by atoms with Gasteiger partial charge in [-0.25, -0.2) is 9.59 Å². The lowest BCUT2D eigenvalue weighted by atomic mass is 10.0. The Morgan fingerprint density at radius 2 is 1.77 bits per heavy atom. The Labute approximate surface area is 235 Å². The maximum Gasteiger partial charge on any atom is 0.323 e. The Morgan fingerprint density at radius 3 is 2.40 bits per heavy atom. The minimum atomic E-state index is -0.444. The van der Waals surface area contributed by atoms with Crippen LogP contribution in [0.2, 0.25) is 0 Å². The molecule has 0 saturated carbocycles. The molecular formula is C29H41N5O6. The normalized spacial score (nSPS) is 17.9. The topological polar surface area (TPSA) is 132 Å². The van der Waals surface area contributed by atoms with Crippen LogP contribution < -0.4 is 25.4 Å². The number of anilines is 2. The Kier molecular flexibility index (Phi) is 10.6. The second kappa shape index (κ2) is 13.9. The molecule has 0 aromatic heterocycles. The maximum absolute atomic E-state index is 13.4. The van der Waals surface area contributed by atoms with Crippen LogP contribution in [0.5, 0.6) is 11.5 Å². The summed E-state index contributed by atoms with van der Waals surface area (Å²) in [6.45, 7) is 8.01. The van der Waals surface area contributed by atoms with E-state index in [1.165, 1.54) is 0 Å². The van der Waals surface area contributed by atoms with Crippen molar-refractivity contribution in [2.45, 2.75) is 52.3 Å². The van der Waals surface area contributed by atoms with Crippen LogP contribution in [0.3, 0.4) is 0 Å². The number of amides is 5. The molecule has 0 fully saturated rings. The molecule has 1 aliphatic rings. The third kappa shape index (κ3) is 8.25. The molecule has 2 aromatic carbocycles. The summed E-state index contributed by atoms with van der Waals surface area (Å²) in [5.74, 6) is 0.871. The van der Waals surface area contributed by atoms with Gasteiger partial charge in [-0.05, 0) is 63.2 Å². The summed E-state index contributed by atoms with van der Waals surface area (Å²) < 4.78 is 11.6. The standard InChI is InChI=1S/C29H41N5O6/c1-18(2)30-29(38)33(5)16-26-19(3)15-34(20(4)17-35)27(36)14-21-13-23(9-12-25(21)40-26)32-28(37)31-22-7-10-24(39-6)11-8-22/h7-13,18-20,26,35H,14-17H2,1-6H3,(H,30,38)(H2,31,32,37). The number of fused-ring (bicyclic) bond motifs is 1. The van der Waals surface area contributed by atoms with Crippen LogP contribution in [0.4, 0.5) is 21.0 Å². The van der Waals surface area contributed by atoms with E-state index in [1.807, 2.05) is 20.8 Å². The molecule has 3 unspecified atom stereocenters. The van der Waals surface area contributed by atoms with Gasteiger partial charge in [-0.3, -0.25) is 4.79 Å². The molecule has 4 N–H and O–H groups in total. The number of ether oxygens (including phenoxy) is 2. The van der Waals surface area contributed by atoms with Gasteiger partial charge in [0.15, 0.2) is 0 Å². The fraction of sp³-hybridized carbons (Fsp3) is 0.483. The van der Waals surface area contributed by atoms with Gasteiger partial charge in [0.25, 0.3) is 0 Å². The fourth-order valence-electron chi connectivity index (χ4n) is 4.40. The van der Waals surface area contributed by atoms with Crippen LogP contribution in [-0.2, 0) is 11.2 Å². The third-order valence-electron chi connectivity index (χ3n) is 6.73. The van der Waals surface area contributed by atoms with Gasteiger partial charge in [-0.2, -0.15) is 0 Å². The van der Waals surface area contributed by atoms with Crippen LogP contribution >= 0.6 is 0 Å². The molecular weight excluding hydrogens is 514 g/mol. The highest BCUT2D eigenvalue weighted by Crippen LogP contribution is 2.29. The number of rotatable bonds is 8. The lowest BCUT2D eigenvalue weighted by Gasteiger charge is -2.34. The molecule has 3 atom stereocenters. The van der Waals surface area contributed by atoms with E-state index in [0.717, 1.165) is 0 Å². The number of nitrogens with one attached hydrogen (secondary N) is 3. The van der Waals surface area contributed by atoms with E-state index in [2.05, 4.69) is 16.0 Å². The average molecular weight is 556 g/mol. The van der Waals surface area contributed by atoms with Crippen LogP contribution in [-0.4, -0.2) is 84.9 Å². The molecule has 0 radical (unpaired) electrons. The number of benzene rings is 2. The van der Waals surface area contributed by atoms with Crippen molar-refractivity contribution >= 4 is 29.3 Å². The summed E-state index contributed by atoms with van der Waals surface area (Å²) in [6, 6.07) is 11.0. The molecule has 40 heavy (non-hydrogen) atoms. The Morgan fingerprint density at radius 1 is 1.12 bits per heavy atom. The highest BCUT2D eigenvalue weighted by molar-refractivity contribution is 6.00. The van der Waals surface area contributed by atoms with Gasteiger partial charge in [-0.1, -0.05) is 6.92 Å². The van der Waals surface area contributed by atoms with Crippen molar-refractivity contribution in [1.82, 2.24) is 15.1 Å². The molecule has 11 heteroatoms. The molecule has 218 valence electrons. The second-order valence-corrected chi connectivity index (χ2v) is 10.5. The SMILES string of the molecule is COc1ccc(NC(=O)Nc2ccc3c(c2)CC(=O)N(C(C)CO)CC(C)C(CN(C)C(=O)NC(C)C)O3)cc1. The van der Waals surface area contributed by atoms with Crippen molar-refractivity contribution < 1.29 is 29.0 Å². The average Bonchev–Trinajstić information content (AvgIpc) is 2.95. The van der Waals surface area contributed by atoms with Gasteiger partial charge in [0.1, 0.15) is 17.6 Å². The first-order valence-corrected chi connectivity index (χ1v) is 13.4. The monoisotopic (exact) mass is 555 g/mol. The molecule has 5 amide bonds. The van der Waals surface area contributed by atoms with Gasteiger partial charge in [-0.15, -0.1) is 0 Å². The lowest BCUT2D eigenvalue weighted by Crippen LogP contribution is -2.49. The van der Waals surface area contributed by atoms with Crippen molar-refractivity contribution in [3.05, 3.63) is 48.0 Å². The molecule has 0 saturated heterocycles. The third-order valence-corrected chi connectivity index (χ3v) is 6.73. The van der Waals surface area contributed by atoms with Crippen LogP contribution in [0.15, 0.2) is 42.5 Å².